The second-order valence-corrected chi connectivity index (χ2v) is 8.37. The van der Waals surface area contributed by atoms with E-state index in [1.54, 1.807) is 24.3 Å². The van der Waals surface area contributed by atoms with Crippen LogP contribution in [-0.4, -0.2) is 54.2 Å². The van der Waals surface area contributed by atoms with E-state index >= 15 is 0 Å². The summed E-state index contributed by atoms with van der Waals surface area (Å²) in [5, 5.41) is 3.00. The molecule has 3 aromatic carbocycles. The Labute approximate surface area is 193 Å². The average molecular weight is 442 g/mol. The smallest absolute Gasteiger partial charge is 0.262 e. The fraction of sp³-hybridized carbons (Fsp3) is 0.222. The maximum absolute atomic E-state index is 13.5. The molecule has 0 aliphatic carbocycles. The minimum atomic E-state index is -0.946. The highest BCUT2D eigenvalue weighted by Crippen LogP contribution is 2.26. The van der Waals surface area contributed by atoms with Gasteiger partial charge in [-0.1, -0.05) is 72.8 Å². The molecule has 1 heterocycles. The van der Waals surface area contributed by atoms with E-state index in [0.717, 1.165) is 16.0 Å². The van der Waals surface area contributed by atoms with E-state index in [1.807, 2.05) is 79.7 Å². The number of carbonyl (C=O) groups is 3. The molecule has 168 valence electrons. The van der Waals surface area contributed by atoms with Crippen molar-refractivity contribution in [2.75, 3.05) is 20.6 Å². The summed E-state index contributed by atoms with van der Waals surface area (Å²) in [6, 6.07) is 25.1. The molecule has 3 amide bonds. The van der Waals surface area contributed by atoms with Gasteiger partial charge in [-0.05, 0) is 37.4 Å². The summed E-state index contributed by atoms with van der Waals surface area (Å²) in [6.45, 7) is 0.351. The summed E-state index contributed by atoms with van der Waals surface area (Å²) in [5.41, 5.74) is 2.62. The third-order valence-corrected chi connectivity index (χ3v) is 5.99. The molecule has 0 fully saturated rings. The molecule has 0 bridgehead atoms. The summed E-state index contributed by atoms with van der Waals surface area (Å²) < 4.78 is 0. The number of hydrogen-bond donors (Lipinski definition) is 1. The lowest BCUT2D eigenvalue weighted by atomic mass is 10.0. The second-order valence-electron chi connectivity index (χ2n) is 8.37. The van der Waals surface area contributed by atoms with Crippen molar-refractivity contribution < 1.29 is 14.4 Å². The Bertz CT molecular complexity index is 1110. The number of nitrogens with one attached hydrogen (secondary N) is 1. The maximum atomic E-state index is 13.5. The third kappa shape index (κ3) is 4.71. The molecular formula is C27H27N3O3. The number of likely N-dealkylation sites (N-methyl/N-ethyl adjacent to an activating group) is 1. The molecular weight excluding hydrogens is 414 g/mol. The Balaban J connectivity index is 1.59. The van der Waals surface area contributed by atoms with Gasteiger partial charge >= 0.3 is 0 Å². The Morgan fingerprint density at radius 1 is 0.818 bits per heavy atom. The second kappa shape index (κ2) is 9.79. The van der Waals surface area contributed by atoms with E-state index < -0.39 is 17.9 Å². The molecule has 6 nitrogen and oxygen atoms in total. The van der Waals surface area contributed by atoms with E-state index in [1.165, 1.54) is 0 Å². The van der Waals surface area contributed by atoms with Crippen LogP contribution in [0.4, 0.5) is 0 Å². The highest BCUT2D eigenvalue weighted by atomic mass is 16.2. The van der Waals surface area contributed by atoms with Crippen LogP contribution >= 0.6 is 0 Å². The minimum Gasteiger partial charge on any atom is -0.352 e. The number of carbonyl (C=O) groups excluding carboxylic acids is 3. The van der Waals surface area contributed by atoms with Crippen molar-refractivity contribution in [3.8, 4) is 0 Å². The van der Waals surface area contributed by atoms with Crippen molar-refractivity contribution in [1.29, 1.82) is 0 Å². The van der Waals surface area contributed by atoms with E-state index in [2.05, 4.69) is 5.32 Å². The lowest BCUT2D eigenvalue weighted by Crippen LogP contribution is -2.51. The van der Waals surface area contributed by atoms with Crippen LogP contribution in [0, 0.1) is 0 Å². The molecule has 1 aliphatic rings. The molecule has 2 atom stereocenters. The normalized spacial score (nSPS) is 14.8. The van der Waals surface area contributed by atoms with Crippen molar-refractivity contribution in [2.45, 2.75) is 18.5 Å². The summed E-state index contributed by atoms with van der Waals surface area (Å²) in [7, 11) is 3.91. The number of hydrogen-bond acceptors (Lipinski definition) is 4. The zero-order valence-corrected chi connectivity index (χ0v) is 18.8. The van der Waals surface area contributed by atoms with Gasteiger partial charge < -0.3 is 10.2 Å². The van der Waals surface area contributed by atoms with Gasteiger partial charge in [0.25, 0.3) is 11.8 Å². The Morgan fingerprint density at radius 2 is 1.33 bits per heavy atom. The first-order valence-corrected chi connectivity index (χ1v) is 11.0. The summed E-state index contributed by atoms with van der Waals surface area (Å²) in [5.74, 6) is -1.21. The summed E-state index contributed by atoms with van der Waals surface area (Å²) >= 11 is 0. The zero-order chi connectivity index (χ0) is 23.4. The Morgan fingerprint density at radius 3 is 1.88 bits per heavy atom. The van der Waals surface area contributed by atoms with Crippen LogP contribution in [-0.2, 0) is 11.2 Å². The molecule has 33 heavy (non-hydrogen) atoms. The van der Waals surface area contributed by atoms with E-state index in [9.17, 15) is 14.4 Å². The third-order valence-electron chi connectivity index (χ3n) is 5.99. The number of rotatable bonds is 8. The van der Waals surface area contributed by atoms with Gasteiger partial charge in [-0.3, -0.25) is 19.3 Å². The quantitative estimate of drug-likeness (QED) is 0.545. The van der Waals surface area contributed by atoms with Crippen LogP contribution in [0.15, 0.2) is 84.9 Å². The first kappa shape index (κ1) is 22.4. The topological polar surface area (TPSA) is 69.7 Å². The van der Waals surface area contributed by atoms with Crippen LogP contribution in [0.1, 0.15) is 37.9 Å². The molecule has 0 radical (unpaired) electrons. The number of amides is 3. The monoisotopic (exact) mass is 441 g/mol. The molecule has 0 saturated heterocycles. The molecule has 6 heteroatoms. The van der Waals surface area contributed by atoms with Crippen molar-refractivity contribution in [1.82, 2.24) is 15.1 Å². The molecule has 0 aromatic heterocycles. The predicted octanol–water partition coefficient (Wildman–Crippen LogP) is 3.31. The molecule has 1 N–H and O–H groups in total. The molecule has 4 rings (SSSR count). The largest absolute Gasteiger partial charge is 0.352 e. The SMILES string of the molecule is CN(C)[C@H](CNC(=O)[C@@H](Cc1ccccc1)N1C(=O)c2ccccc2C1=O)c1ccccc1. The standard InChI is InChI=1S/C27H27N3O3/c1-29(2)24(20-13-7-4-8-14-20)18-28-25(31)23(17-19-11-5-3-6-12-19)30-26(32)21-15-9-10-16-22(21)27(30)33/h3-16,23-24H,17-18H2,1-2H3,(H,28,31)/t23-,24-/m1/s1. The molecule has 1 aliphatic heterocycles. The lowest BCUT2D eigenvalue weighted by Gasteiger charge is -2.29. The number of imide groups is 1. The van der Waals surface area contributed by atoms with E-state index in [-0.39, 0.29) is 18.4 Å². The zero-order valence-electron chi connectivity index (χ0n) is 18.8. The van der Waals surface area contributed by atoms with E-state index in [4.69, 9.17) is 0 Å². The van der Waals surface area contributed by atoms with Gasteiger partial charge in [-0.2, -0.15) is 0 Å². The van der Waals surface area contributed by atoms with Crippen LogP contribution in [0.5, 0.6) is 0 Å². The molecule has 0 saturated carbocycles. The minimum absolute atomic E-state index is 0.0466. The maximum Gasteiger partial charge on any atom is 0.262 e. The highest BCUT2D eigenvalue weighted by Gasteiger charge is 2.42. The Kier molecular flexibility index (Phi) is 6.66. The van der Waals surface area contributed by atoms with Gasteiger partial charge in [0.05, 0.1) is 17.2 Å². The fourth-order valence-corrected chi connectivity index (χ4v) is 4.22. The van der Waals surface area contributed by atoms with Crippen LogP contribution < -0.4 is 5.32 Å². The number of benzene rings is 3. The van der Waals surface area contributed by atoms with Gasteiger partial charge in [0.1, 0.15) is 6.04 Å². The van der Waals surface area contributed by atoms with Gasteiger partial charge in [-0.25, -0.2) is 0 Å². The van der Waals surface area contributed by atoms with Gasteiger partial charge in [0, 0.05) is 13.0 Å². The predicted molar refractivity (Wildman–Crippen MR) is 127 cm³/mol. The molecule has 0 unspecified atom stereocenters. The van der Waals surface area contributed by atoms with Gasteiger partial charge in [0.2, 0.25) is 5.91 Å². The number of fused-ring (bicyclic) bond motifs is 1. The van der Waals surface area contributed by atoms with Crippen molar-refractivity contribution in [2.24, 2.45) is 0 Å². The van der Waals surface area contributed by atoms with Crippen LogP contribution in [0.25, 0.3) is 0 Å². The average Bonchev–Trinajstić information content (AvgIpc) is 3.09. The summed E-state index contributed by atoms with van der Waals surface area (Å²) in [4.78, 5) is 42.9. The molecule has 0 spiro atoms. The van der Waals surface area contributed by atoms with Crippen molar-refractivity contribution in [3.63, 3.8) is 0 Å². The first-order chi connectivity index (χ1) is 16.0. The van der Waals surface area contributed by atoms with Crippen LogP contribution in [0.2, 0.25) is 0 Å². The lowest BCUT2D eigenvalue weighted by molar-refractivity contribution is -0.125. The van der Waals surface area contributed by atoms with Gasteiger partial charge in [-0.15, -0.1) is 0 Å². The number of nitrogens with zero attached hydrogens (tertiary/aromatic N) is 2. The van der Waals surface area contributed by atoms with Crippen LogP contribution in [0.3, 0.4) is 0 Å². The van der Waals surface area contributed by atoms with Gasteiger partial charge in [0.15, 0.2) is 0 Å². The van der Waals surface area contributed by atoms with Crippen molar-refractivity contribution in [3.05, 3.63) is 107 Å². The Hall–Kier alpha value is -3.77. The highest BCUT2D eigenvalue weighted by molar-refractivity contribution is 6.22. The molecule has 3 aromatic rings. The van der Waals surface area contributed by atoms with E-state index in [0.29, 0.717) is 17.7 Å². The fourth-order valence-electron chi connectivity index (χ4n) is 4.22. The summed E-state index contributed by atoms with van der Waals surface area (Å²) in [6.07, 6.45) is 0.246. The van der Waals surface area contributed by atoms with Crippen molar-refractivity contribution >= 4 is 17.7 Å². The first-order valence-electron chi connectivity index (χ1n) is 11.0.